The fraction of sp³-hybridized carbons (Fsp3) is 0.235. The lowest BCUT2D eigenvalue weighted by Crippen LogP contribution is -2.05. The van der Waals surface area contributed by atoms with Crippen LogP contribution in [0.1, 0.15) is 22.3 Å². The lowest BCUT2D eigenvalue weighted by Gasteiger charge is -2.12. The van der Waals surface area contributed by atoms with Crippen LogP contribution in [0.4, 0.5) is 4.39 Å². The first kappa shape index (κ1) is 15.6. The van der Waals surface area contributed by atoms with Crippen molar-refractivity contribution in [3.8, 4) is 11.5 Å². The Hall–Kier alpha value is -2.27. The molecule has 0 aromatic heterocycles. The maximum atomic E-state index is 12.8. The monoisotopic (exact) mass is 336 g/mol. The highest BCUT2D eigenvalue weighted by atomic mass is 35.5. The summed E-state index contributed by atoms with van der Waals surface area (Å²) in [7, 11) is 0. The summed E-state index contributed by atoms with van der Waals surface area (Å²) in [6.07, 6.45) is 0.778. The van der Waals surface area contributed by atoms with Gasteiger partial charge in [0.15, 0.2) is 11.5 Å². The van der Waals surface area contributed by atoms with Crippen LogP contribution in [0.25, 0.3) is 0 Å². The number of halogens is 2. The summed E-state index contributed by atoms with van der Waals surface area (Å²) in [6, 6.07) is 8.58. The summed E-state index contributed by atoms with van der Waals surface area (Å²) < 4.78 is 29.2. The van der Waals surface area contributed by atoms with Crippen molar-refractivity contribution in [3.63, 3.8) is 0 Å². The molecule has 0 saturated heterocycles. The van der Waals surface area contributed by atoms with Crippen molar-refractivity contribution in [1.29, 1.82) is 0 Å². The van der Waals surface area contributed by atoms with Crippen LogP contribution < -0.4 is 9.47 Å². The molecule has 0 saturated carbocycles. The van der Waals surface area contributed by atoms with Gasteiger partial charge in [0.1, 0.15) is 12.4 Å². The SMILES string of the molecule is O=C(OCc1cc(Cl)c2c(c1)OCCCO2)c1ccc(F)cc1. The normalized spacial score (nSPS) is 13.3. The summed E-state index contributed by atoms with van der Waals surface area (Å²) in [5, 5.41) is 0.414. The molecule has 4 nitrogen and oxygen atoms in total. The molecule has 0 amide bonds. The number of carbonyl (C=O) groups is 1. The van der Waals surface area contributed by atoms with E-state index >= 15 is 0 Å². The average molecular weight is 337 g/mol. The Kier molecular flexibility index (Phi) is 4.67. The minimum absolute atomic E-state index is 0.0343. The molecule has 0 unspecified atom stereocenters. The van der Waals surface area contributed by atoms with Gasteiger partial charge in [0, 0.05) is 6.42 Å². The van der Waals surface area contributed by atoms with Crippen molar-refractivity contribution >= 4 is 17.6 Å². The van der Waals surface area contributed by atoms with E-state index in [-0.39, 0.29) is 12.2 Å². The Morgan fingerprint density at radius 1 is 1.17 bits per heavy atom. The highest BCUT2D eigenvalue weighted by Gasteiger charge is 2.16. The third kappa shape index (κ3) is 3.74. The molecule has 1 aliphatic rings. The Labute approximate surface area is 137 Å². The minimum Gasteiger partial charge on any atom is -0.489 e. The molecule has 0 atom stereocenters. The van der Waals surface area contributed by atoms with Crippen molar-refractivity contribution in [3.05, 3.63) is 58.4 Å². The van der Waals surface area contributed by atoms with E-state index in [0.29, 0.717) is 35.3 Å². The maximum Gasteiger partial charge on any atom is 0.338 e. The highest BCUT2D eigenvalue weighted by Crippen LogP contribution is 2.38. The molecule has 0 N–H and O–H groups in total. The number of fused-ring (bicyclic) bond motifs is 1. The zero-order chi connectivity index (χ0) is 16.2. The fourth-order valence-corrected chi connectivity index (χ4v) is 2.47. The number of hydrogen-bond acceptors (Lipinski definition) is 4. The molecule has 23 heavy (non-hydrogen) atoms. The smallest absolute Gasteiger partial charge is 0.338 e. The largest absolute Gasteiger partial charge is 0.489 e. The molecule has 2 aromatic carbocycles. The summed E-state index contributed by atoms with van der Waals surface area (Å²) in [6.45, 7) is 1.13. The Balaban J connectivity index is 1.71. The van der Waals surface area contributed by atoms with Gasteiger partial charge in [-0.3, -0.25) is 0 Å². The third-order valence-corrected chi connectivity index (χ3v) is 3.59. The standard InChI is InChI=1S/C17H14ClFO4/c18-14-8-11(9-15-16(14)22-7-1-6-21-15)10-23-17(20)12-2-4-13(19)5-3-12/h2-5,8-9H,1,6-7,10H2. The van der Waals surface area contributed by atoms with E-state index in [0.717, 1.165) is 6.42 Å². The Morgan fingerprint density at radius 3 is 2.70 bits per heavy atom. The molecule has 1 heterocycles. The first-order valence-electron chi connectivity index (χ1n) is 7.14. The molecule has 0 spiro atoms. The van der Waals surface area contributed by atoms with Crippen LogP contribution in [0, 0.1) is 5.82 Å². The van der Waals surface area contributed by atoms with E-state index in [1.165, 1.54) is 24.3 Å². The summed E-state index contributed by atoms with van der Waals surface area (Å²) >= 11 is 6.18. The van der Waals surface area contributed by atoms with Gasteiger partial charge < -0.3 is 14.2 Å². The second-order valence-electron chi connectivity index (χ2n) is 5.04. The van der Waals surface area contributed by atoms with Crippen LogP contribution >= 0.6 is 11.6 Å². The van der Waals surface area contributed by atoms with Crippen molar-refractivity contribution in [2.75, 3.05) is 13.2 Å². The molecule has 0 bridgehead atoms. The van der Waals surface area contributed by atoms with Gasteiger partial charge in [0.05, 0.1) is 23.8 Å². The Morgan fingerprint density at radius 2 is 1.91 bits per heavy atom. The number of rotatable bonds is 3. The predicted octanol–water partition coefficient (Wildman–Crippen LogP) is 4.00. The summed E-state index contributed by atoms with van der Waals surface area (Å²) in [5.41, 5.74) is 0.974. The van der Waals surface area contributed by atoms with E-state index < -0.39 is 11.8 Å². The number of carbonyl (C=O) groups excluding carboxylic acids is 1. The van der Waals surface area contributed by atoms with Gasteiger partial charge in [-0.2, -0.15) is 0 Å². The molecular formula is C17H14ClFO4. The molecule has 3 rings (SSSR count). The summed E-state index contributed by atoms with van der Waals surface area (Å²) in [4.78, 5) is 11.9. The van der Waals surface area contributed by atoms with E-state index in [1.54, 1.807) is 12.1 Å². The van der Waals surface area contributed by atoms with Crippen LogP contribution in [0.2, 0.25) is 5.02 Å². The number of benzene rings is 2. The molecule has 120 valence electrons. The van der Waals surface area contributed by atoms with Crippen molar-refractivity contribution in [1.82, 2.24) is 0 Å². The number of ether oxygens (including phenoxy) is 3. The van der Waals surface area contributed by atoms with Crippen LogP contribution in [-0.4, -0.2) is 19.2 Å². The van der Waals surface area contributed by atoms with Gasteiger partial charge >= 0.3 is 5.97 Å². The Bertz CT molecular complexity index is 715. The van der Waals surface area contributed by atoms with Crippen molar-refractivity contribution in [2.24, 2.45) is 0 Å². The second-order valence-corrected chi connectivity index (χ2v) is 5.45. The van der Waals surface area contributed by atoms with E-state index in [1.807, 2.05) is 0 Å². The van der Waals surface area contributed by atoms with E-state index in [9.17, 15) is 9.18 Å². The molecule has 1 aliphatic heterocycles. The van der Waals surface area contributed by atoms with Gasteiger partial charge in [-0.1, -0.05) is 11.6 Å². The highest BCUT2D eigenvalue weighted by molar-refractivity contribution is 6.32. The summed E-state index contributed by atoms with van der Waals surface area (Å²) in [5.74, 6) is 0.116. The third-order valence-electron chi connectivity index (χ3n) is 3.31. The topological polar surface area (TPSA) is 44.8 Å². The van der Waals surface area contributed by atoms with Gasteiger partial charge in [0.2, 0.25) is 0 Å². The fourth-order valence-electron chi connectivity index (χ4n) is 2.19. The number of esters is 1. The second kappa shape index (κ2) is 6.87. The quantitative estimate of drug-likeness (QED) is 0.795. The van der Waals surface area contributed by atoms with Gasteiger partial charge in [-0.05, 0) is 42.0 Å². The zero-order valence-electron chi connectivity index (χ0n) is 12.2. The number of hydrogen-bond donors (Lipinski definition) is 0. The molecule has 0 radical (unpaired) electrons. The molecular weight excluding hydrogens is 323 g/mol. The lowest BCUT2D eigenvalue weighted by molar-refractivity contribution is 0.0472. The van der Waals surface area contributed by atoms with Gasteiger partial charge in [-0.25, -0.2) is 9.18 Å². The molecule has 0 aliphatic carbocycles. The van der Waals surface area contributed by atoms with Crippen LogP contribution in [0.3, 0.4) is 0 Å². The van der Waals surface area contributed by atoms with Crippen LogP contribution in [0.5, 0.6) is 11.5 Å². The molecule has 6 heteroatoms. The zero-order valence-corrected chi connectivity index (χ0v) is 12.9. The van der Waals surface area contributed by atoms with Crippen LogP contribution in [-0.2, 0) is 11.3 Å². The maximum absolute atomic E-state index is 12.8. The van der Waals surface area contributed by atoms with Crippen molar-refractivity contribution < 1.29 is 23.4 Å². The predicted molar refractivity (Wildman–Crippen MR) is 82.6 cm³/mol. The van der Waals surface area contributed by atoms with Crippen molar-refractivity contribution in [2.45, 2.75) is 13.0 Å². The minimum atomic E-state index is -0.534. The van der Waals surface area contributed by atoms with Gasteiger partial charge in [0.25, 0.3) is 0 Å². The van der Waals surface area contributed by atoms with Crippen LogP contribution in [0.15, 0.2) is 36.4 Å². The van der Waals surface area contributed by atoms with E-state index in [2.05, 4.69) is 0 Å². The van der Waals surface area contributed by atoms with E-state index in [4.69, 9.17) is 25.8 Å². The lowest BCUT2D eigenvalue weighted by atomic mass is 10.2. The first-order chi connectivity index (χ1) is 11.1. The average Bonchev–Trinajstić information content (AvgIpc) is 2.79. The van der Waals surface area contributed by atoms with Gasteiger partial charge in [-0.15, -0.1) is 0 Å². The first-order valence-corrected chi connectivity index (χ1v) is 7.52. The molecule has 2 aromatic rings. The molecule has 0 fully saturated rings.